The van der Waals surface area contributed by atoms with Gasteiger partial charge in [0.1, 0.15) is 54.6 Å². The molecule has 0 saturated carbocycles. The van der Waals surface area contributed by atoms with Gasteiger partial charge in [0.05, 0.1) is 19.1 Å². The number of carbonyl (C=O) groups is 10. The average molecular weight is 996 g/mol. The maximum absolute atomic E-state index is 14.4. The molecule has 68 heavy (non-hydrogen) atoms. The highest BCUT2D eigenvalue weighted by atomic mass is 33.1. The van der Waals surface area contributed by atoms with Crippen molar-refractivity contribution in [3.8, 4) is 5.75 Å². The van der Waals surface area contributed by atoms with Crippen molar-refractivity contribution in [2.45, 2.75) is 127 Å². The first kappa shape index (κ1) is 56.7. The van der Waals surface area contributed by atoms with Gasteiger partial charge in [0.15, 0.2) is 0 Å². The van der Waals surface area contributed by atoms with E-state index in [4.69, 9.17) is 15.6 Å². The fraction of sp³-hybridized carbons (Fsp3) is 0.628. The van der Waals surface area contributed by atoms with Crippen LogP contribution in [-0.2, 0) is 54.4 Å². The van der Waals surface area contributed by atoms with Crippen molar-refractivity contribution in [2.24, 2.45) is 11.7 Å². The molecular weight excluding hydrogens is 931 g/mol. The lowest BCUT2D eigenvalue weighted by atomic mass is 9.96. The molecule has 2 aliphatic heterocycles. The summed E-state index contributed by atoms with van der Waals surface area (Å²) in [6.45, 7) is 6.34. The Balaban J connectivity index is 1.99. The van der Waals surface area contributed by atoms with Gasteiger partial charge in [-0.15, -0.1) is 0 Å². The summed E-state index contributed by atoms with van der Waals surface area (Å²) in [6, 6.07) is -3.05. The topological polar surface area (TPSA) is 354 Å². The zero-order valence-corrected chi connectivity index (χ0v) is 40.2. The minimum atomic E-state index is -1.86. The molecule has 2 saturated heterocycles. The Morgan fingerprint density at radius 1 is 0.868 bits per heavy atom. The number of amides is 8. The van der Waals surface area contributed by atoms with Crippen molar-refractivity contribution >= 4 is 80.8 Å². The molecule has 12 N–H and O–H groups in total. The SMILES string of the molecule is CCOc1ccc(C[C@H]2NC(=O)CCSSC[C@@H](C(=O)N3CCC[C@H]3C(=O)N[C@@H](CCCN)C(=O)NCC(=O)O)NC(=O)[C@H](CC(=O)O)NC(=O)[C@H]([C@@H](C)O)NC(=O)[C@H]([C@@H](C)CC)NC2=O)cc1. The number of benzene rings is 1. The highest BCUT2D eigenvalue weighted by Crippen LogP contribution is 2.26. The summed E-state index contributed by atoms with van der Waals surface area (Å²) in [5.74, 6) is -9.58. The molecule has 0 aromatic heterocycles. The molecule has 2 aliphatic rings. The Morgan fingerprint density at radius 3 is 2.15 bits per heavy atom. The van der Waals surface area contributed by atoms with Crippen LogP contribution in [0.25, 0.3) is 0 Å². The first-order valence-electron chi connectivity index (χ1n) is 22.5. The number of hydrogen-bond donors (Lipinski definition) is 11. The van der Waals surface area contributed by atoms with Crippen molar-refractivity contribution in [3.63, 3.8) is 0 Å². The molecule has 0 spiro atoms. The molecular formula is C43H65N9O14S2. The largest absolute Gasteiger partial charge is 0.494 e. The number of carbonyl (C=O) groups excluding carboxylic acids is 8. The van der Waals surface area contributed by atoms with E-state index in [1.165, 1.54) is 11.8 Å². The van der Waals surface area contributed by atoms with Crippen LogP contribution in [0, 0.1) is 5.92 Å². The van der Waals surface area contributed by atoms with Gasteiger partial charge in [0.25, 0.3) is 0 Å². The Hall–Kier alpha value is -5.66. The summed E-state index contributed by atoms with van der Waals surface area (Å²) in [7, 11) is 2.20. The van der Waals surface area contributed by atoms with Crippen LogP contribution in [0.1, 0.15) is 78.2 Å². The second kappa shape index (κ2) is 28.6. The number of hydrogen-bond acceptors (Lipinski definition) is 15. The Bertz CT molecular complexity index is 1940. The number of nitrogens with two attached hydrogens (primary N) is 1. The highest BCUT2D eigenvalue weighted by Gasteiger charge is 2.41. The van der Waals surface area contributed by atoms with E-state index in [-0.39, 0.29) is 50.3 Å². The first-order valence-corrected chi connectivity index (χ1v) is 25.0. The number of nitrogens with zero attached hydrogens (tertiary/aromatic N) is 1. The number of carboxylic acid groups (broad SMARTS) is 2. The van der Waals surface area contributed by atoms with Gasteiger partial charge < -0.3 is 67.9 Å². The van der Waals surface area contributed by atoms with E-state index >= 15 is 0 Å². The molecule has 2 fully saturated rings. The third kappa shape index (κ3) is 18.1. The van der Waals surface area contributed by atoms with Gasteiger partial charge in [-0.25, -0.2) is 0 Å². The summed E-state index contributed by atoms with van der Waals surface area (Å²) in [6.07, 6.45) is -1.54. The number of rotatable bonds is 18. The molecule has 9 atom stereocenters. The lowest BCUT2D eigenvalue weighted by molar-refractivity contribution is -0.144. The number of carboxylic acids is 2. The van der Waals surface area contributed by atoms with Crippen LogP contribution in [-0.4, -0.2) is 166 Å². The fourth-order valence-corrected chi connectivity index (χ4v) is 9.40. The molecule has 2 heterocycles. The fourth-order valence-electron chi connectivity index (χ4n) is 7.25. The minimum Gasteiger partial charge on any atom is -0.494 e. The van der Waals surface area contributed by atoms with Gasteiger partial charge in [0.2, 0.25) is 47.3 Å². The van der Waals surface area contributed by atoms with E-state index in [0.717, 1.165) is 21.6 Å². The second-order valence-corrected chi connectivity index (χ2v) is 19.0. The van der Waals surface area contributed by atoms with Crippen LogP contribution < -0.4 is 47.7 Å². The quantitative estimate of drug-likeness (QED) is 0.0720. The molecule has 378 valence electrons. The van der Waals surface area contributed by atoms with Crippen molar-refractivity contribution in [1.29, 1.82) is 0 Å². The van der Waals surface area contributed by atoms with Crippen LogP contribution in [0.2, 0.25) is 0 Å². The first-order chi connectivity index (χ1) is 32.3. The van der Waals surface area contributed by atoms with Gasteiger partial charge in [-0.3, -0.25) is 47.9 Å². The lowest BCUT2D eigenvalue weighted by Crippen LogP contribution is -2.62. The van der Waals surface area contributed by atoms with Crippen LogP contribution in [0.4, 0.5) is 0 Å². The molecule has 0 aliphatic carbocycles. The number of likely N-dealkylation sites (tertiary alicyclic amines) is 1. The molecule has 0 radical (unpaired) electrons. The van der Waals surface area contributed by atoms with E-state index in [1.807, 2.05) is 6.92 Å². The molecule has 8 amide bonds. The smallest absolute Gasteiger partial charge is 0.322 e. The van der Waals surface area contributed by atoms with Gasteiger partial charge in [-0.05, 0) is 69.7 Å². The number of aliphatic hydroxyl groups is 1. The van der Waals surface area contributed by atoms with E-state index in [2.05, 4.69) is 37.2 Å². The van der Waals surface area contributed by atoms with Crippen molar-refractivity contribution in [2.75, 3.05) is 37.7 Å². The number of ether oxygens (including phenoxy) is 1. The summed E-state index contributed by atoms with van der Waals surface area (Å²) in [5.41, 5.74) is 6.27. The Labute approximate surface area is 402 Å². The molecule has 1 aromatic carbocycles. The van der Waals surface area contributed by atoms with Gasteiger partial charge in [-0.1, -0.05) is 54.0 Å². The molecule has 3 rings (SSSR count). The van der Waals surface area contributed by atoms with Gasteiger partial charge >= 0.3 is 11.9 Å². The van der Waals surface area contributed by atoms with Crippen LogP contribution >= 0.6 is 21.6 Å². The van der Waals surface area contributed by atoms with Crippen molar-refractivity contribution in [1.82, 2.24) is 42.1 Å². The van der Waals surface area contributed by atoms with E-state index in [1.54, 1.807) is 38.1 Å². The standard InChI is InChI=1S/C43H65N9O14S2/c1-5-23(3)35-41(63)51-36(24(4)53)42(64)48-29(20-33(55)56)38(60)49-30(43(65)52-17-8-10-31(52)40(62)47-27(9-7-16-44)37(59)45-21-34(57)58)22-68-67-18-15-32(54)46-28(39(61)50-35)19-25-11-13-26(14-12-25)66-6-2/h11-14,23-24,27-31,35-36,53H,5-10,15-22,44H2,1-4H3,(H,45,59)(H,46,54)(H,47,62)(H,48,64)(H,49,60)(H,50,61)(H,51,63)(H,55,56)(H,57,58)/t23-,24+,27-,28+,29-,30-,31-,35-,36-/m0/s1. The van der Waals surface area contributed by atoms with Crippen LogP contribution in [0.3, 0.4) is 0 Å². The average Bonchev–Trinajstić information content (AvgIpc) is 3.79. The second-order valence-electron chi connectivity index (χ2n) is 16.4. The molecule has 23 nitrogen and oxygen atoms in total. The van der Waals surface area contributed by atoms with E-state index < -0.39 is 126 Å². The van der Waals surface area contributed by atoms with Crippen LogP contribution in [0.15, 0.2) is 24.3 Å². The third-order valence-electron chi connectivity index (χ3n) is 11.1. The highest BCUT2D eigenvalue weighted by molar-refractivity contribution is 8.76. The maximum atomic E-state index is 14.4. The monoisotopic (exact) mass is 995 g/mol. The zero-order chi connectivity index (χ0) is 50.5. The van der Waals surface area contributed by atoms with E-state index in [9.17, 15) is 58.2 Å². The molecule has 0 bridgehead atoms. The van der Waals surface area contributed by atoms with E-state index in [0.29, 0.717) is 37.2 Å². The number of nitrogens with one attached hydrogen (secondary N) is 7. The zero-order valence-electron chi connectivity index (χ0n) is 38.6. The van der Waals surface area contributed by atoms with Crippen molar-refractivity contribution in [3.05, 3.63) is 29.8 Å². The third-order valence-corrected chi connectivity index (χ3v) is 13.5. The number of aliphatic carboxylic acids is 2. The Morgan fingerprint density at radius 2 is 1.53 bits per heavy atom. The summed E-state index contributed by atoms with van der Waals surface area (Å²) < 4.78 is 5.52. The summed E-state index contributed by atoms with van der Waals surface area (Å²) >= 11 is 0. The Kier molecular flexibility index (Phi) is 23.8. The molecule has 0 unspecified atom stereocenters. The molecule has 25 heteroatoms. The molecule has 1 aromatic rings. The predicted octanol–water partition coefficient (Wildman–Crippen LogP) is -1.85. The normalized spacial score (nSPS) is 23.8. The van der Waals surface area contributed by atoms with Crippen molar-refractivity contribution < 1.29 is 68.0 Å². The summed E-state index contributed by atoms with van der Waals surface area (Å²) in [4.78, 5) is 134. The minimum absolute atomic E-state index is 0.00959. The van der Waals surface area contributed by atoms with Gasteiger partial charge in [0, 0.05) is 30.9 Å². The number of aliphatic hydroxyl groups excluding tert-OH is 1. The van der Waals surface area contributed by atoms with Gasteiger partial charge in [-0.2, -0.15) is 0 Å². The predicted molar refractivity (Wildman–Crippen MR) is 249 cm³/mol. The summed E-state index contributed by atoms with van der Waals surface area (Å²) in [5, 5.41) is 47.0. The maximum Gasteiger partial charge on any atom is 0.322 e. The lowest BCUT2D eigenvalue weighted by Gasteiger charge is -2.31. The van der Waals surface area contributed by atoms with Crippen LogP contribution in [0.5, 0.6) is 5.75 Å².